The van der Waals surface area contributed by atoms with E-state index in [1.807, 2.05) is 12.3 Å². The van der Waals surface area contributed by atoms with Crippen LogP contribution in [0.2, 0.25) is 0 Å². The summed E-state index contributed by atoms with van der Waals surface area (Å²) in [5.74, 6) is 0.739. The molecule has 1 fully saturated rings. The number of thiophene rings is 1. The van der Waals surface area contributed by atoms with Crippen molar-refractivity contribution in [2.75, 3.05) is 19.7 Å². The highest BCUT2D eigenvalue weighted by Crippen LogP contribution is 2.40. The Labute approximate surface area is 166 Å². The van der Waals surface area contributed by atoms with Gasteiger partial charge in [-0.3, -0.25) is 4.79 Å². The average molecular weight is 393 g/mol. The Kier molecular flexibility index (Phi) is 6.14. The summed E-state index contributed by atoms with van der Waals surface area (Å²) in [7, 11) is 0. The molecular formula is C21H32N2O3S. The first-order valence-corrected chi connectivity index (χ1v) is 11.0. The minimum atomic E-state index is -0.248. The molecule has 1 aliphatic carbocycles. The molecule has 5 nitrogen and oxygen atoms in total. The van der Waals surface area contributed by atoms with Crippen LogP contribution < -0.4 is 5.32 Å². The minimum absolute atomic E-state index is 0.0521. The van der Waals surface area contributed by atoms with Crippen molar-refractivity contribution < 1.29 is 14.3 Å². The fraction of sp³-hybridized carbons (Fsp3) is 0.714. The highest BCUT2D eigenvalue weighted by atomic mass is 32.1. The van der Waals surface area contributed by atoms with Crippen molar-refractivity contribution in [1.82, 2.24) is 10.2 Å². The van der Waals surface area contributed by atoms with E-state index in [9.17, 15) is 9.59 Å². The SMILES string of the molecule is CCOC(=O)N1CCC(NC(=O)c2csc3c2CCC(C(C)(C)C)C3)CC1. The summed E-state index contributed by atoms with van der Waals surface area (Å²) < 4.78 is 5.05. The molecule has 1 aromatic heterocycles. The van der Waals surface area contributed by atoms with Gasteiger partial charge in [-0.15, -0.1) is 11.3 Å². The Morgan fingerprint density at radius 2 is 1.96 bits per heavy atom. The molecule has 0 saturated carbocycles. The predicted octanol–water partition coefficient (Wildman–Crippen LogP) is 4.25. The largest absolute Gasteiger partial charge is 0.450 e. The van der Waals surface area contributed by atoms with E-state index in [-0.39, 0.29) is 18.0 Å². The number of ether oxygens (including phenoxy) is 1. The van der Waals surface area contributed by atoms with Crippen LogP contribution >= 0.6 is 11.3 Å². The molecule has 3 rings (SSSR count). The molecule has 0 spiro atoms. The molecule has 150 valence electrons. The second kappa shape index (κ2) is 8.21. The summed E-state index contributed by atoms with van der Waals surface area (Å²) in [6, 6.07) is 0.129. The van der Waals surface area contributed by atoms with Crippen molar-refractivity contribution in [2.45, 2.75) is 65.8 Å². The van der Waals surface area contributed by atoms with Gasteiger partial charge >= 0.3 is 6.09 Å². The standard InChI is InChI=1S/C21H32N2O3S/c1-5-26-20(25)23-10-8-15(9-11-23)22-19(24)17-13-27-18-12-14(21(2,3)4)6-7-16(17)18/h13-15H,5-12H2,1-4H3,(H,22,24). The van der Waals surface area contributed by atoms with Gasteiger partial charge in [-0.05, 0) is 55.9 Å². The first-order chi connectivity index (χ1) is 12.8. The van der Waals surface area contributed by atoms with Crippen LogP contribution in [0.25, 0.3) is 0 Å². The van der Waals surface area contributed by atoms with E-state index in [0.29, 0.717) is 31.0 Å². The van der Waals surface area contributed by atoms with Gasteiger partial charge in [0.25, 0.3) is 5.91 Å². The summed E-state index contributed by atoms with van der Waals surface area (Å²) in [5.41, 5.74) is 2.45. The first-order valence-electron chi connectivity index (χ1n) is 10.1. The van der Waals surface area contributed by atoms with E-state index in [2.05, 4.69) is 26.1 Å². The summed E-state index contributed by atoms with van der Waals surface area (Å²) in [4.78, 5) is 27.7. The number of carbonyl (C=O) groups is 2. The lowest BCUT2D eigenvalue weighted by Crippen LogP contribution is -2.46. The number of amides is 2. The van der Waals surface area contributed by atoms with Crippen LogP contribution in [-0.4, -0.2) is 42.6 Å². The van der Waals surface area contributed by atoms with E-state index in [1.165, 1.54) is 10.4 Å². The molecule has 1 aliphatic heterocycles. The van der Waals surface area contributed by atoms with Gasteiger partial charge in [-0.1, -0.05) is 20.8 Å². The second-order valence-corrected chi connectivity index (χ2v) is 9.75. The third-order valence-corrected chi connectivity index (χ3v) is 7.03. The van der Waals surface area contributed by atoms with Crippen LogP contribution in [0.15, 0.2) is 5.38 Å². The quantitative estimate of drug-likeness (QED) is 0.836. The fourth-order valence-electron chi connectivity index (χ4n) is 4.13. The lowest BCUT2D eigenvalue weighted by molar-refractivity contribution is 0.0859. The van der Waals surface area contributed by atoms with E-state index >= 15 is 0 Å². The molecule has 1 aromatic rings. The second-order valence-electron chi connectivity index (χ2n) is 8.79. The lowest BCUT2D eigenvalue weighted by atomic mass is 9.72. The minimum Gasteiger partial charge on any atom is -0.450 e. The maximum atomic E-state index is 12.8. The first kappa shape index (κ1) is 20.2. The zero-order valence-corrected chi connectivity index (χ0v) is 17.8. The van der Waals surface area contributed by atoms with Crippen molar-refractivity contribution >= 4 is 23.3 Å². The summed E-state index contributed by atoms with van der Waals surface area (Å²) >= 11 is 1.74. The van der Waals surface area contributed by atoms with Crippen LogP contribution in [-0.2, 0) is 17.6 Å². The number of nitrogens with zero attached hydrogens (tertiary/aromatic N) is 1. The van der Waals surface area contributed by atoms with Crippen LogP contribution in [0.5, 0.6) is 0 Å². The molecule has 0 bridgehead atoms. The third-order valence-electron chi connectivity index (χ3n) is 5.98. The number of hydrogen-bond donors (Lipinski definition) is 1. The van der Waals surface area contributed by atoms with Gasteiger partial charge in [0.05, 0.1) is 12.2 Å². The van der Waals surface area contributed by atoms with E-state index in [0.717, 1.165) is 37.7 Å². The van der Waals surface area contributed by atoms with Crippen molar-refractivity contribution in [1.29, 1.82) is 0 Å². The van der Waals surface area contributed by atoms with E-state index in [1.54, 1.807) is 16.2 Å². The maximum absolute atomic E-state index is 12.8. The predicted molar refractivity (Wildman–Crippen MR) is 108 cm³/mol. The van der Waals surface area contributed by atoms with Crippen molar-refractivity contribution in [2.24, 2.45) is 11.3 Å². The van der Waals surface area contributed by atoms with Crippen LogP contribution in [0.3, 0.4) is 0 Å². The highest BCUT2D eigenvalue weighted by molar-refractivity contribution is 7.10. The molecule has 2 aliphatic rings. The normalized spacial score (nSPS) is 20.9. The van der Waals surface area contributed by atoms with Crippen LogP contribution in [0.4, 0.5) is 4.79 Å². The Morgan fingerprint density at radius 1 is 1.26 bits per heavy atom. The number of piperidine rings is 1. The Balaban J connectivity index is 1.56. The number of rotatable bonds is 3. The number of carbonyl (C=O) groups excluding carboxylic acids is 2. The molecule has 1 atom stereocenters. The highest BCUT2D eigenvalue weighted by Gasteiger charge is 2.32. The molecule has 2 heterocycles. The number of likely N-dealkylation sites (tertiary alicyclic amines) is 1. The molecule has 1 unspecified atom stereocenters. The Morgan fingerprint density at radius 3 is 2.59 bits per heavy atom. The fourth-order valence-corrected chi connectivity index (χ4v) is 5.29. The van der Waals surface area contributed by atoms with Crippen molar-refractivity contribution in [3.8, 4) is 0 Å². The van der Waals surface area contributed by atoms with Gasteiger partial charge in [0.15, 0.2) is 0 Å². The molecular weight excluding hydrogens is 360 g/mol. The smallest absolute Gasteiger partial charge is 0.409 e. The van der Waals surface area contributed by atoms with Gasteiger partial charge in [0.2, 0.25) is 0 Å². The summed E-state index contributed by atoms with van der Waals surface area (Å²) in [6.45, 7) is 10.4. The lowest BCUT2D eigenvalue weighted by Gasteiger charge is -2.34. The molecule has 27 heavy (non-hydrogen) atoms. The van der Waals surface area contributed by atoms with Gasteiger partial charge in [0, 0.05) is 29.4 Å². The molecule has 2 amide bonds. The molecule has 0 radical (unpaired) electrons. The summed E-state index contributed by atoms with van der Waals surface area (Å²) in [5, 5.41) is 5.23. The van der Waals surface area contributed by atoms with Crippen LogP contribution in [0, 0.1) is 11.3 Å². The molecule has 0 aromatic carbocycles. The number of hydrogen-bond acceptors (Lipinski definition) is 4. The van der Waals surface area contributed by atoms with Crippen LogP contribution in [0.1, 0.15) is 67.8 Å². The Bertz CT molecular complexity index is 684. The zero-order valence-electron chi connectivity index (χ0n) is 17.0. The average Bonchev–Trinajstić information content (AvgIpc) is 3.05. The van der Waals surface area contributed by atoms with Crippen molar-refractivity contribution in [3.63, 3.8) is 0 Å². The third kappa shape index (κ3) is 4.65. The van der Waals surface area contributed by atoms with Gasteiger partial charge in [-0.25, -0.2) is 4.79 Å². The number of fused-ring (bicyclic) bond motifs is 1. The van der Waals surface area contributed by atoms with Gasteiger partial charge in [0.1, 0.15) is 0 Å². The van der Waals surface area contributed by atoms with E-state index < -0.39 is 0 Å². The topological polar surface area (TPSA) is 58.6 Å². The molecule has 6 heteroatoms. The van der Waals surface area contributed by atoms with Crippen molar-refractivity contribution in [3.05, 3.63) is 21.4 Å². The van der Waals surface area contributed by atoms with Gasteiger partial charge in [-0.2, -0.15) is 0 Å². The molecule has 1 N–H and O–H groups in total. The van der Waals surface area contributed by atoms with Gasteiger partial charge < -0.3 is 15.0 Å². The monoisotopic (exact) mass is 392 g/mol. The Hall–Kier alpha value is -1.56. The zero-order chi connectivity index (χ0) is 19.6. The molecule has 1 saturated heterocycles. The number of nitrogens with one attached hydrogen (secondary N) is 1. The maximum Gasteiger partial charge on any atom is 0.409 e. The summed E-state index contributed by atoms with van der Waals surface area (Å²) in [6.07, 6.45) is 4.57. The van der Waals surface area contributed by atoms with E-state index in [4.69, 9.17) is 4.74 Å².